The molecule has 0 aliphatic heterocycles. The molecule has 3 N–H and O–H groups in total. The maximum atomic E-state index is 13.2. The van der Waals surface area contributed by atoms with E-state index in [9.17, 15) is 14.5 Å². The molecule has 2 aromatic rings. The molecule has 0 aromatic heterocycles. The molecule has 0 saturated carbocycles. The van der Waals surface area contributed by atoms with Crippen LogP contribution < -0.4 is 11.1 Å². The summed E-state index contributed by atoms with van der Waals surface area (Å²) in [6.07, 6.45) is 0. The Bertz CT molecular complexity index is 624. The number of nitro benzene ring substituents is 1. The largest absolute Gasteiger partial charge is 0.397 e. The Labute approximate surface area is 109 Å². The van der Waals surface area contributed by atoms with Crippen LogP contribution in [0.15, 0.2) is 36.4 Å². The molecular formula is C13H12FN3O2. The predicted octanol–water partition coefficient (Wildman–Crippen LogP) is 3.37. The third-order valence-corrected chi connectivity index (χ3v) is 2.57. The molecule has 0 heterocycles. The summed E-state index contributed by atoms with van der Waals surface area (Å²) in [4.78, 5) is 10.1. The van der Waals surface area contributed by atoms with Crippen molar-refractivity contribution in [1.82, 2.24) is 0 Å². The van der Waals surface area contributed by atoms with Crippen LogP contribution in [0.4, 0.5) is 27.1 Å². The van der Waals surface area contributed by atoms with Crippen LogP contribution in [-0.2, 0) is 0 Å². The fourth-order valence-corrected chi connectivity index (χ4v) is 1.74. The minimum Gasteiger partial charge on any atom is -0.397 e. The Hall–Kier alpha value is -2.63. The minimum absolute atomic E-state index is 0.0847. The topological polar surface area (TPSA) is 81.2 Å². The van der Waals surface area contributed by atoms with Gasteiger partial charge in [-0.3, -0.25) is 10.1 Å². The zero-order valence-corrected chi connectivity index (χ0v) is 10.2. The van der Waals surface area contributed by atoms with Crippen molar-refractivity contribution in [2.45, 2.75) is 6.92 Å². The number of non-ortho nitro benzene ring substituents is 1. The molecule has 5 nitrogen and oxygen atoms in total. The van der Waals surface area contributed by atoms with Crippen LogP contribution in [0, 0.1) is 22.9 Å². The SMILES string of the molecule is Cc1cc(F)cc(Nc2ccc([N+](=O)[O-])cc2N)c1. The third kappa shape index (κ3) is 2.98. The average molecular weight is 261 g/mol. The maximum Gasteiger partial charge on any atom is 0.271 e. The van der Waals surface area contributed by atoms with E-state index in [1.807, 2.05) is 0 Å². The van der Waals surface area contributed by atoms with E-state index in [-0.39, 0.29) is 17.2 Å². The number of rotatable bonds is 3. The van der Waals surface area contributed by atoms with Crippen LogP contribution >= 0.6 is 0 Å². The summed E-state index contributed by atoms with van der Waals surface area (Å²) in [7, 11) is 0. The first-order chi connectivity index (χ1) is 8.95. The van der Waals surface area contributed by atoms with E-state index in [4.69, 9.17) is 5.73 Å². The van der Waals surface area contributed by atoms with Crippen molar-refractivity contribution < 1.29 is 9.31 Å². The van der Waals surface area contributed by atoms with Crippen LogP contribution in [0.1, 0.15) is 5.56 Å². The van der Waals surface area contributed by atoms with Gasteiger partial charge in [0, 0.05) is 17.8 Å². The maximum absolute atomic E-state index is 13.2. The zero-order valence-electron chi connectivity index (χ0n) is 10.2. The second kappa shape index (κ2) is 4.93. The molecule has 0 amide bonds. The summed E-state index contributed by atoms with van der Waals surface area (Å²) in [5.74, 6) is -0.358. The molecule has 0 bridgehead atoms. The van der Waals surface area contributed by atoms with Gasteiger partial charge in [-0.1, -0.05) is 0 Å². The number of anilines is 3. The molecule has 0 unspecified atom stereocenters. The van der Waals surface area contributed by atoms with Crippen molar-refractivity contribution in [3.05, 3.63) is 57.9 Å². The van der Waals surface area contributed by atoms with Crippen LogP contribution in [0.3, 0.4) is 0 Å². The summed E-state index contributed by atoms with van der Waals surface area (Å²) in [5, 5.41) is 13.5. The fraction of sp³-hybridized carbons (Fsp3) is 0.0769. The lowest BCUT2D eigenvalue weighted by atomic mass is 10.2. The lowest BCUT2D eigenvalue weighted by Crippen LogP contribution is -1.98. The highest BCUT2D eigenvalue weighted by Gasteiger charge is 2.09. The molecule has 0 aliphatic carbocycles. The van der Waals surface area contributed by atoms with Crippen molar-refractivity contribution >= 4 is 22.7 Å². The number of benzene rings is 2. The lowest BCUT2D eigenvalue weighted by Gasteiger charge is -2.10. The molecular weight excluding hydrogens is 249 g/mol. The Morgan fingerprint density at radius 2 is 2.00 bits per heavy atom. The Kier molecular flexibility index (Phi) is 3.33. The first-order valence-electron chi connectivity index (χ1n) is 5.54. The molecule has 0 radical (unpaired) electrons. The second-order valence-electron chi connectivity index (χ2n) is 4.17. The summed E-state index contributed by atoms with van der Waals surface area (Å²) >= 11 is 0. The van der Waals surface area contributed by atoms with E-state index in [0.29, 0.717) is 11.4 Å². The van der Waals surface area contributed by atoms with Gasteiger partial charge >= 0.3 is 0 Å². The zero-order chi connectivity index (χ0) is 14.0. The van der Waals surface area contributed by atoms with Gasteiger partial charge in [-0.25, -0.2) is 4.39 Å². The molecule has 6 heteroatoms. The van der Waals surface area contributed by atoms with Crippen LogP contribution in [0.5, 0.6) is 0 Å². The number of nitrogen functional groups attached to an aromatic ring is 1. The van der Waals surface area contributed by atoms with Gasteiger partial charge in [0.25, 0.3) is 5.69 Å². The molecule has 0 spiro atoms. The molecule has 0 atom stereocenters. The highest BCUT2D eigenvalue weighted by Crippen LogP contribution is 2.27. The summed E-state index contributed by atoms with van der Waals surface area (Å²) < 4.78 is 13.2. The van der Waals surface area contributed by atoms with E-state index in [1.165, 1.54) is 30.3 Å². The molecule has 0 fully saturated rings. The molecule has 2 rings (SSSR count). The first kappa shape index (κ1) is 12.8. The van der Waals surface area contributed by atoms with Crippen molar-refractivity contribution in [2.24, 2.45) is 0 Å². The van der Waals surface area contributed by atoms with Crippen molar-refractivity contribution in [1.29, 1.82) is 0 Å². The van der Waals surface area contributed by atoms with Gasteiger partial charge in [-0.15, -0.1) is 0 Å². The van der Waals surface area contributed by atoms with Gasteiger partial charge in [-0.2, -0.15) is 0 Å². The van der Waals surface area contributed by atoms with E-state index >= 15 is 0 Å². The predicted molar refractivity (Wildman–Crippen MR) is 71.9 cm³/mol. The second-order valence-corrected chi connectivity index (χ2v) is 4.17. The lowest BCUT2D eigenvalue weighted by molar-refractivity contribution is -0.384. The summed E-state index contributed by atoms with van der Waals surface area (Å²) in [6, 6.07) is 8.58. The highest BCUT2D eigenvalue weighted by atomic mass is 19.1. The van der Waals surface area contributed by atoms with Gasteiger partial charge < -0.3 is 11.1 Å². The van der Waals surface area contributed by atoms with Gasteiger partial charge in [-0.05, 0) is 36.8 Å². The van der Waals surface area contributed by atoms with E-state index < -0.39 is 4.92 Å². The van der Waals surface area contributed by atoms with Gasteiger partial charge in [0.15, 0.2) is 0 Å². The standard InChI is InChI=1S/C13H12FN3O2/c1-8-4-9(14)6-10(5-8)16-13-3-2-11(17(18)19)7-12(13)15/h2-7,16H,15H2,1H3. The molecule has 0 aliphatic rings. The molecule has 0 saturated heterocycles. The third-order valence-electron chi connectivity index (χ3n) is 2.57. The number of nitrogens with two attached hydrogens (primary N) is 1. The number of halogens is 1. The van der Waals surface area contributed by atoms with Crippen LogP contribution in [-0.4, -0.2) is 4.92 Å². The number of hydrogen-bond donors (Lipinski definition) is 2. The Morgan fingerprint density at radius 1 is 1.26 bits per heavy atom. The number of nitro groups is 1. The van der Waals surface area contributed by atoms with Crippen molar-refractivity contribution in [3.8, 4) is 0 Å². The number of nitrogens with one attached hydrogen (secondary N) is 1. The van der Waals surface area contributed by atoms with Gasteiger partial charge in [0.1, 0.15) is 5.82 Å². The monoisotopic (exact) mass is 261 g/mol. The van der Waals surface area contributed by atoms with E-state index in [0.717, 1.165) is 5.56 Å². The Balaban J connectivity index is 2.30. The fourth-order valence-electron chi connectivity index (χ4n) is 1.74. The number of nitrogens with zero attached hydrogens (tertiary/aromatic N) is 1. The van der Waals surface area contributed by atoms with Crippen molar-refractivity contribution in [2.75, 3.05) is 11.1 Å². The number of hydrogen-bond acceptors (Lipinski definition) is 4. The molecule has 19 heavy (non-hydrogen) atoms. The summed E-state index contributed by atoms with van der Waals surface area (Å²) in [6.45, 7) is 1.77. The quantitative estimate of drug-likeness (QED) is 0.504. The van der Waals surface area contributed by atoms with Crippen molar-refractivity contribution in [3.63, 3.8) is 0 Å². The first-order valence-corrected chi connectivity index (χ1v) is 5.54. The highest BCUT2D eigenvalue weighted by molar-refractivity contribution is 5.74. The van der Waals surface area contributed by atoms with E-state index in [2.05, 4.69) is 5.32 Å². The Morgan fingerprint density at radius 3 is 2.58 bits per heavy atom. The van der Waals surface area contributed by atoms with Crippen LogP contribution in [0.25, 0.3) is 0 Å². The molecule has 98 valence electrons. The average Bonchev–Trinajstić information content (AvgIpc) is 2.30. The number of aryl methyl sites for hydroxylation is 1. The smallest absolute Gasteiger partial charge is 0.271 e. The minimum atomic E-state index is -0.521. The van der Waals surface area contributed by atoms with Crippen LogP contribution in [0.2, 0.25) is 0 Å². The molecule has 2 aromatic carbocycles. The van der Waals surface area contributed by atoms with Gasteiger partial charge in [0.2, 0.25) is 0 Å². The van der Waals surface area contributed by atoms with E-state index in [1.54, 1.807) is 13.0 Å². The normalized spacial score (nSPS) is 10.2. The van der Waals surface area contributed by atoms with Gasteiger partial charge in [0.05, 0.1) is 16.3 Å². The summed E-state index contributed by atoms with van der Waals surface area (Å²) in [5.41, 5.74) is 7.67.